The van der Waals surface area contributed by atoms with Crippen molar-refractivity contribution in [3.8, 4) is 0 Å². The predicted molar refractivity (Wildman–Crippen MR) is 126 cm³/mol. The number of hydrogen-bond acceptors (Lipinski definition) is 1. The van der Waals surface area contributed by atoms with Gasteiger partial charge in [0.05, 0.1) is 18.8 Å². The van der Waals surface area contributed by atoms with Gasteiger partial charge in [0.25, 0.3) is 0 Å². The van der Waals surface area contributed by atoms with Gasteiger partial charge in [-0.05, 0) is 43.0 Å². The van der Waals surface area contributed by atoms with E-state index in [1.165, 1.54) is 49.0 Å². The summed E-state index contributed by atoms with van der Waals surface area (Å²) in [7, 11) is 0. The number of urea groups is 1. The van der Waals surface area contributed by atoms with Crippen LogP contribution in [0.25, 0.3) is 0 Å². The molecule has 3 aromatic carbocycles. The number of fused-ring (bicyclic) bond motifs is 1. The molecule has 4 heteroatoms. The van der Waals surface area contributed by atoms with Gasteiger partial charge in [-0.2, -0.15) is 0 Å². The number of benzene rings is 3. The average Bonchev–Trinajstić information content (AvgIpc) is 3.13. The monoisotopic (exact) mass is 412 g/mol. The highest BCUT2D eigenvalue weighted by Crippen LogP contribution is 2.39. The van der Waals surface area contributed by atoms with E-state index in [0.29, 0.717) is 0 Å². The minimum atomic E-state index is -0.182. The molecule has 0 aliphatic carbocycles. The van der Waals surface area contributed by atoms with Gasteiger partial charge in [-0.1, -0.05) is 60.7 Å². The van der Waals surface area contributed by atoms with E-state index in [4.69, 9.17) is 0 Å². The Bertz CT molecular complexity index is 1050. The lowest BCUT2D eigenvalue weighted by Crippen LogP contribution is -2.50. The van der Waals surface area contributed by atoms with Crippen molar-refractivity contribution in [3.05, 3.63) is 95.6 Å². The van der Waals surface area contributed by atoms with Crippen molar-refractivity contribution in [2.75, 3.05) is 23.7 Å². The summed E-state index contributed by atoms with van der Waals surface area (Å²) in [5, 5.41) is 6.04. The van der Waals surface area contributed by atoms with Crippen molar-refractivity contribution in [2.24, 2.45) is 5.92 Å². The molecule has 2 heterocycles. The second-order valence-electron chi connectivity index (χ2n) is 9.15. The van der Waals surface area contributed by atoms with Crippen LogP contribution in [0.2, 0.25) is 0 Å². The fourth-order valence-electron chi connectivity index (χ4n) is 5.49. The van der Waals surface area contributed by atoms with Gasteiger partial charge in [0.2, 0.25) is 0 Å². The summed E-state index contributed by atoms with van der Waals surface area (Å²) in [6, 6.07) is 26.7. The third-order valence-corrected chi connectivity index (χ3v) is 6.81. The van der Waals surface area contributed by atoms with Crippen LogP contribution in [0.4, 0.5) is 16.2 Å². The second-order valence-corrected chi connectivity index (χ2v) is 9.15. The molecule has 1 saturated heterocycles. The maximum Gasteiger partial charge on any atom is 0.323 e. The smallest absolute Gasteiger partial charge is 0.316 e. The van der Waals surface area contributed by atoms with Gasteiger partial charge in [0, 0.05) is 22.7 Å². The van der Waals surface area contributed by atoms with Crippen LogP contribution in [0.15, 0.2) is 78.9 Å². The third-order valence-electron chi connectivity index (χ3n) is 6.81. The summed E-state index contributed by atoms with van der Waals surface area (Å²) >= 11 is 0. The van der Waals surface area contributed by atoms with E-state index < -0.39 is 0 Å². The lowest BCUT2D eigenvalue weighted by Gasteiger charge is -2.41. The molecular formula is C27H30N3O+. The van der Waals surface area contributed by atoms with E-state index in [9.17, 15) is 4.79 Å². The molecule has 0 aromatic heterocycles. The minimum Gasteiger partial charge on any atom is -0.316 e. The van der Waals surface area contributed by atoms with Gasteiger partial charge in [-0.3, -0.25) is 0 Å². The number of anilines is 2. The second kappa shape index (κ2) is 8.56. The molecule has 5 rings (SSSR count). The summed E-state index contributed by atoms with van der Waals surface area (Å²) in [5.41, 5.74) is 5.90. The number of amides is 2. The lowest BCUT2D eigenvalue weighted by molar-refractivity contribution is -0.954. The van der Waals surface area contributed by atoms with E-state index in [1.807, 2.05) is 36.4 Å². The third kappa shape index (κ3) is 4.49. The number of quaternary nitrogens is 1. The van der Waals surface area contributed by atoms with Gasteiger partial charge >= 0.3 is 6.03 Å². The summed E-state index contributed by atoms with van der Waals surface area (Å²) < 4.78 is 1.13. The van der Waals surface area contributed by atoms with Crippen LogP contribution in [0.5, 0.6) is 0 Å². The number of rotatable bonds is 4. The number of nitrogens with one attached hydrogen (secondary N) is 2. The molecule has 3 aromatic rings. The molecule has 2 aliphatic heterocycles. The maximum absolute atomic E-state index is 12.6. The molecule has 2 amide bonds. The Kier molecular flexibility index (Phi) is 5.47. The molecule has 2 N–H and O–H groups in total. The van der Waals surface area contributed by atoms with Crippen LogP contribution < -0.4 is 10.6 Å². The standard InChI is InChI=1S/C27H29N3O/c31-27(28-24-13-5-2-6-14-24)29-26-15-7-12-23-19-30(20-25(23)26)16-8-11-22(18-30)17-21-9-3-1-4-10-21/h1-7,9-10,12-15,22H,8,11,16-20H2,(H-,28,29,31)/p+1. The fourth-order valence-corrected chi connectivity index (χ4v) is 5.49. The quantitative estimate of drug-likeness (QED) is 0.521. The van der Waals surface area contributed by atoms with Gasteiger partial charge in [0.1, 0.15) is 13.1 Å². The Morgan fingerprint density at radius 3 is 2.45 bits per heavy atom. The minimum absolute atomic E-state index is 0.182. The number of carbonyl (C=O) groups excluding carboxylic acids is 1. The summed E-state index contributed by atoms with van der Waals surface area (Å²) in [6.07, 6.45) is 3.76. The highest BCUT2D eigenvalue weighted by Gasteiger charge is 2.41. The van der Waals surface area contributed by atoms with Crippen LogP contribution in [-0.2, 0) is 19.5 Å². The molecule has 4 nitrogen and oxygen atoms in total. The zero-order valence-electron chi connectivity index (χ0n) is 17.9. The number of piperidine rings is 1. The Morgan fingerprint density at radius 1 is 0.871 bits per heavy atom. The zero-order chi connectivity index (χ0) is 21.1. The molecule has 158 valence electrons. The molecule has 0 radical (unpaired) electrons. The highest BCUT2D eigenvalue weighted by atomic mass is 16.2. The first kappa shape index (κ1) is 19.8. The van der Waals surface area contributed by atoms with Crippen LogP contribution in [-0.4, -0.2) is 23.6 Å². The van der Waals surface area contributed by atoms with Crippen molar-refractivity contribution in [1.82, 2.24) is 0 Å². The SMILES string of the molecule is O=C(Nc1ccccc1)Nc1cccc2c1C[N+]1(CCCC(Cc3ccccc3)C1)C2. The average molecular weight is 413 g/mol. The van der Waals surface area contributed by atoms with Crippen molar-refractivity contribution >= 4 is 17.4 Å². The number of nitrogens with zero attached hydrogens (tertiary/aromatic N) is 1. The van der Waals surface area contributed by atoms with Gasteiger partial charge in [-0.25, -0.2) is 4.79 Å². The van der Waals surface area contributed by atoms with E-state index in [0.717, 1.165) is 34.9 Å². The molecule has 0 saturated carbocycles. The lowest BCUT2D eigenvalue weighted by atomic mass is 9.90. The topological polar surface area (TPSA) is 41.1 Å². The maximum atomic E-state index is 12.6. The zero-order valence-corrected chi connectivity index (χ0v) is 17.9. The molecule has 31 heavy (non-hydrogen) atoms. The van der Waals surface area contributed by atoms with E-state index in [-0.39, 0.29) is 6.03 Å². The molecule has 1 spiro atoms. The Balaban J connectivity index is 1.28. The van der Waals surface area contributed by atoms with Crippen molar-refractivity contribution in [1.29, 1.82) is 0 Å². The molecule has 2 unspecified atom stereocenters. The number of hydrogen-bond donors (Lipinski definition) is 2. The van der Waals surface area contributed by atoms with E-state index in [1.54, 1.807) is 0 Å². The van der Waals surface area contributed by atoms with Gasteiger partial charge < -0.3 is 15.1 Å². The largest absolute Gasteiger partial charge is 0.323 e. The fraction of sp³-hybridized carbons (Fsp3) is 0.296. The number of para-hydroxylation sites is 1. The first-order valence-electron chi connectivity index (χ1n) is 11.3. The van der Waals surface area contributed by atoms with Crippen LogP contribution in [0.3, 0.4) is 0 Å². The predicted octanol–water partition coefficient (Wildman–Crippen LogP) is 5.81. The van der Waals surface area contributed by atoms with Crippen molar-refractivity contribution in [2.45, 2.75) is 32.4 Å². The normalized spacial score (nSPS) is 22.1. The Morgan fingerprint density at radius 2 is 1.65 bits per heavy atom. The van der Waals surface area contributed by atoms with E-state index >= 15 is 0 Å². The van der Waals surface area contributed by atoms with Crippen LogP contribution >= 0.6 is 0 Å². The highest BCUT2D eigenvalue weighted by molar-refractivity contribution is 6.00. The molecule has 2 atom stereocenters. The summed E-state index contributed by atoms with van der Waals surface area (Å²) in [4.78, 5) is 12.6. The van der Waals surface area contributed by atoms with Gasteiger partial charge in [0.15, 0.2) is 0 Å². The first-order valence-corrected chi connectivity index (χ1v) is 11.3. The van der Waals surface area contributed by atoms with Crippen LogP contribution in [0, 0.1) is 5.92 Å². The van der Waals surface area contributed by atoms with Crippen molar-refractivity contribution < 1.29 is 9.28 Å². The first-order chi connectivity index (χ1) is 15.2. The Hall–Kier alpha value is -3.11. The Labute approximate surface area is 184 Å². The van der Waals surface area contributed by atoms with Crippen LogP contribution in [0.1, 0.15) is 29.5 Å². The molecular weight excluding hydrogens is 382 g/mol. The van der Waals surface area contributed by atoms with Gasteiger partial charge in [-0.15, -0.1) is 0 Å². The summed E-state index contributed by atoms with van der Waals surface area (Å²) in [6.45, 7) is 4.55. The van der Waals surface area contributed by atoms with E-state index in [2.05, 4.69) is 53.1 Å². The molecule has 1 fully saturated rings. The summed E-state index contributed by atoms with van der Waals surface area (Å²) in [5.74, 6) is 0.725. The molecule has 2 aliphatic rings. The number of carbonyl (C=O) groups is 1. The molecule has 0 bridgehead atoms. The van der Waals surface area contributed by atoms with Crippen molar-refractivity contribution in [3.63, 3.8) is 0 Å².